The Labute approximate surface area is 121 Å². The Morgan fingerprint density at radius 1 is 1.30 bits per heavy atom. The molecule has 0 radical (unpaired) electrons. The second-order valence-corrected chi connectivity index (χ2v) is 5.84. The Balaban J connectivity index is 1.78. The van der Waals surface area contributed by atoms with Crippen LogP contribution >= 0.6 is 0 Å². The topological polar surface area (TPSA) is 52.9 Å². The van der Waals surface area contributed by atoms with E-state index in [2.05, 4.69) is 11.0 Å². The van der Waals surface area contributed by atoms with E-state index in [1.54, 1.807) is 0 Å². The van der Waals surface area contributed by atoms with Crippen molar-refractivity contribution < 1.29 is 14.9 Å². The van der Waals surface area contributed by atoms with Gasteiger partial charge in [0.15, 0.2) is 0 Å². The molecule has 0 spiro atoms. The molecule has 1 saturated heterocycles. The minimum atomic E-state index is -0.527. The molecule has 112 valence electrons. The highest BCUT2D eigenvalue weighted by atomic mass is 16.5. The summed E-state index contributed by atoms with van der Waals surface area (Å²) in [5.41, 5.74) is 2.32. The number of aryl methyl sites for hydroxylation is 2. The molecule has 1 aliphatic heterocycles. The Morgan fingerprint density at radius 3 is 2.65 bits per heavy atom. The molecular weight excluding hydrogens is 254 g/mol. The van der Waals surface area contributed by atoms with Gasteiger partial charge in [0.05, 0.1) is 6.10 Å². The van der Waals surface area contributed by atoms with Gasteiger partial charge in [-0.25, -0.2) is 0 Å². The van der Waals surface area contributed by atoms with Crippen molar-refractivity contribution in [3.63, 3.8) is 0 Å². The molecule has 1 aliphatic rings. The van der Waals surface area contributed by atoms with Crippen molar-refractivity contribution >= 4 is 0 Å². The van der Waals surface area contributed by atoms with Crippen LogP contribution in [-0.4, -0.2) is 53.6 Å². The number of hydrogen-bond donors (Lipinski definition) is 2. The largest absolute Gasteiger partial charge is 0.491 e. The molecule has 0 aliphatic carbocycles. The van der Waals surface area contributed by atoms with E-state index in [4.69, 9.17) is 4.74 Å². The van der Waals surface area contributed by atoms with Gasteiger partial charge in [-0.1, -0.05) is 6.07 Å². The lowest BCUT2D eigenvalue weighted by Crippen LogP contribution is -2.43. The monoisotopic (exact) mass is 279 g/mol. The van der Waals surface area contributed by atoms with E-state index in [0.29, 0.717) is 13.1 Å². The number of benzene rings is 1. The Bertz CT molecular complexity index is 415. The molecule has 1 aromatic carbocycles. The molecule has 2 N–H and O–H groups in total. The summed E-state index contributed by atoms with van der Waals surface area (Å²) in [7, 11) is 0. The molecule has 4 nitrogen and oxygen atoms in total. The van der Waals surface area contributed by atoms with Gasteiger partial charge in [-0.2, -0.15) is 0 Å². The third-order valence-electron chi connectivity index (χ3n) is 3.59. The first-order valence-corrected chi connectivity index (χ1v) is 7.32. The zero-order chi connectivity index (χ0) is 14.5. The van der Waals surface area contributed by atoms with Crippen LogP contribution in [0.1, 0.15) is 24.0 Å². The molecule has 0 amide bonds. The lowest BCUT2D eigenvalue weighted by molar-refractivity contribution is 0.0243. The third-order valence-corrected chi connectivity index (χ3v) is 3.59. The number of piperidine rings is 1. The van der Waals surface area contributed by atoms with E-state index in [1.165, 1.54) is 0 Å². The first kappa shape index (κ1) is 15.3. The molecule has 1 fully saturated rings. The Morgan fingerprint density at radius 2 is 2.00 bits per heavy atom. The summed E-state index contributed by atoms with van der Waals surface area (Å²) in [6.07, 6.45) is 1.08. The van der Waals surface area contributed by atoms with E-state index in [0.717, 1.165) is 36.3 Å². The third kappa shape index (κ3) is 4.78. The summed E-state index contributed by atoms with van der Waals surface area (Å²) >= 11 is 0. The predicted octanol–water partition coefficient (Wildman–Crippen LogP) is 1.50. The van der Waals surface area contributed by atoms with Gasteiger partial charge >= 0.3 is 0 Å². The molecule has 0 aromatic heterocycles. The zero-order valence-electron chi connectivity index (χ0n) is 12.4. The van der Waals surface area contributed by atoms with E-state index < -0.39 is 6.10 Å². The highest BCUT2D eigenvalue weighted by molar-refractivity contribution is 5.32. The van der Waals surface area contributed by atoms with Gasteiger partial charge in [0.1, 0.15) is 18.5 Å². The first-order valence-electron chi connectivity index (χ1n) is 7.32. The van der Waals surface area contributed by atoms with Crippen molar-refractivity contribution in [2.24, 2.45) is 0 Å². The van der Waals surface area contributed by atoms with E-state index in [9.17, 15) is 10.2 Å². The minimum absolute atomic E-state index is 0.253. The quantitative estimate of drug-likeness (QED) is 0.857. The van der Waals surface area contributed by atoms with Gasteiger partial charge in [-0.05, 0) is 56.5 Å². The predicted molar refractivity (Wildman–Crippen MR) is 79.1 cm³/mol. The molecule has 1 heterocycles. The number of β-amino-alcohol motifs (C(OH)–C–C–N with tert-alkyl or cyclic N) is 2. The van der Waals surface area contributed by atoms with Crippen molar-refractivity contribution in [1.29, 1.82) is 0 Å². The number of likely N-dealkylation sites (tertiary alicyclic amines) is 1. The Kier molecular flexibility index (Phi) is 5.40. The first-order chi connectivity index (χ1) is 9.52. The number of rotatable bonds is 5. The van der Waals surface area contributed by atoms with Crippen molar-refractivity contribution in [3.8, 4) is 5.75 Å². The van der Waals surface area contributed by atoms with Crippen molar-refractivity contribution in [3.05, 3.63) is 29.3 Å². The molecule has 0 bridgehead atoms. The SMILES string of the molecule is Cc1cc(C)cc(OCC(O)CN2CCCC(O)C2)c1. The van der Waals surface area contributed by atoms with E-state index in [1.807, 2.05) is 26.0 Å². The van der Waals surface area contributed by atoms with E-state index >= 15 is 0 Å². The van der Waals surface area contributed by atoms with Crippen molar-refractivity contribution in [1.82, 2.24) is 4.90 Å². The molecule has 2 atom stereocenters. The number of ether oxygens (including phenoxy) is 1. The van der Waals surface area contributed by atoms with Crippen LogP contribution in [-0.2, 0) is 0 Å². The summed E-state index contributed by atoms with van der Waals surface area (Å²) in [6.45, 7) is 6.51. The average molecular weight is 279 g/mol. The summed E-state index contributed by atoms with van der Waals surface area (Å²) in [6, 6.07) is 6.05. The van der Waals surface area contributed by atoms with Crippen LogP contribution in [0.3, 0.4) is 0 Å². The maximum Gasteiger partial charge on any atom is 0.119 e. The fraction of sp³-hybridized carbons (Fsp3) is 0.625. The zero-order valence-corrected chi connectivity index (χ0v) is 12.4. The van der Waals surface area contributed by atoms with Gasteiger partial charge in [-0.3, -0.25) is 4.90 Å². The fourth-order valence-electron chi connectivity index (χ4n) is 2.76. The lowest BCUT2D eigenvalue weighted by atomic mass is 10.1. The summed E-state index contributed by atoms with van der Waals surface area (Å²) in [5.74, 6) is 0.806. The van der Waals surface area contributed by atoms with Crippen LogP contribution in [0.15, 0.2) is 18.2 Å². The maximum absolute atomic E-state index is 10.0. The molecular formula is C16H25NO3. The number of aliphatic hydroxyl groups excluding tert-OH is 2. The molecule has 1 aromatic rings. The van der Waals surface area contributed by atoms with Gasteiger partial charge < -0.3 is 14.9 Å². The van der Waals surface area contributed by atoms with Crippen LogP contribution in [0.5, 0.6) is 5.75 Å². The molecule has 20 heavy (non-hydrogen) atoms. The second kappa shape index (κ2) is 7.07. The summed E-state index contributed by atoms with van der Waals surface area (Å²) < 4.78 is 5.66. The summed E-state index contributed by atoms with van der Waals surface area (Å²) in [4.78, 5) is 2.10. The highest BCUT2D eigenvalue weighted by Gasteiger charge is 2.20. The normalized spacial score (nSPS) is 21.7. The van der Waals surface area contributed by atoms with Crippen molar-refractivity contribution in [2.45, 2.75) is 38.9 Å². The minimum Gasteiger partial charge on any atom is -0.491 e. The van der Waals surface area contributed by atoms with E-state index in [-0.39, 0.29) is 12.7 Å². The van der Waals surface area contributed by atoms with Crippen LogP contribution < -0.4 is 4.74 Å². The standard InChI is InChI=1S/C16H25NO3/c1-12-6-13(2)8-16(7-12)20-11-15(19)10-17-5-3-4-14(18)9-17/h6-8,14-15,18-19H,3-5,9-11H2,1-2H3. The Hall–Kier alpha value is -1.10. The van der Waals surface area contributed by atoms with Gasteiger partial charge in [0.25, 0.3) is 0 Å². The van der Waals surface area contributed by atoms with Crippen LogP contribution in [0, 0.1) is 13.8 Å². The smallest absolute Gasteiger partial charge is 0.119 e. The number of aliphatic hydroxyl groups is 2. The fourth-order valence-corrected chi connectivity index (χ4v) is 2.76. The average Bonchev–Trinajstić information content (AvgIpc) is 2.35. The molecule has 0 saturated carbocycles. The van der Waals surface area contributed by atoms with Gasteiger partial charge in [0, 0.05) is 13.1 Å². The van der Waals surface area contributed by atoms with Gasteiger partial charge in [0.2, 0.25) is 0 Å². The summed E-state index contributed by atoms with van der Waals surface area (Å²) in [5, 5.41) is 19.6. The lowest BCUT2D eigenvalue weighted by Gasteiger charge is -2.31. The van der Waals surface area contributed by atoms with Crippen LogP contribution in [0.25, 0.3) is 0 Å². The van der Waals surface area contributed by atoms with Gasteiger partial charge in [-0.15, -0.1) is 0 Å². The highest BCUT2D eigenvalue weighted by Crippen LogP contribution is 2.16. The van der Waals surface area contributed by atoms with Crippen molar-refractivity contribution in [2.75, 3.05) is 26.2 Å². The molecule has 2 unspecified atom stereocenters. The maximum atomic E-state index is 10.0. The number of hydrogen-bond acceptors (Lipinski definition) is 4. The molecule has 4 heteroatoms. The molecule has 2 rings (SSSR count). The van der Waals surface area contributed by atoms with Crippen LogP contribution in [0.4, 0.5) is 0 Å². The second-order valence-electron chi connectivity index (χ2n) is 5.84. The number of nitrogens with zero attached hydrogens (tertiary/aromatic N) is 1. The van der Waals surface area contributed by atoms with Crippen LogP contribution in [0.2, 0.25) is 0 Å².